The molecule has 1 aromatic rings. The van der Waals surface area contributed by atoms with Gasteiger partial charge in [0.05, 0.1) is 12.2 Å². The van der Waals surface area contributed by atoms with Gasteiger partial charge in [0.1, 0.15) is 0 Å². The fourth-order valence-electron chi connectivity index (χ4n) is 1.84. The van der Waals surface area contributed by atoms with Crippen LogP contribution in [0, 0.1) is 0 Å². The van der Waals surface area contributed by atoms with Crippen molar-refractivity contribution in [2.75, 3.05) is 27.2 Å². The summed E-state index contributed by atoms with van der Waals surface area (Å²) in [5, 5.41) is 11.2. The Bertz CT molecular complexity index is 256. The molecule has 1 N–H and O–H groups in total. The highest BCUT2D eigenvalue weighted by Gasteiger charge is 2.30. The lowest BCUT2D eigenvalue weighted by Crippen LogP contribution is -2.36. The van der Waals surface area contributed by atoms with Crippen LogP contribution in [0.2, 0.25) is 0 Å². The van der Waals surface area contributed by atoms with Crippen molar-refractivity contribution in [1.82, 2.24) is 25.2 Å². The average Bonchev–Trinajstić information content (AvgIpc) is 2.74. The molecule has 2 heterocycles. The molecule has 2 atom stereocenters. The van der Waals surface area contributed by atoms with E-state index in [2.05, 4.69) is 34.6 Å². The van der Waals surface area contributed by atoms with Gasteiger partial charge in [0.25, 0.3) is 0 Å². The second kappa shape index (κ2) is 3.43. The highest BCUT2D eigenvalue weighted by molar-refractivity contribution is 4.90. The summed E-state index contributed by atoms with van der Waals surface area (Å²) in [6.07, 6.45) is 3.65. The smallest absolute Gasteiger partial charge is 0.0828 e. The van der Waals surface area contributed by atoms with Crippen molar-refractivity contribution in [2.24, 2.45) is 0 Å². The van der Waals surface area contributed by atoms with E-state index in [1.807, 2.05) is 10.9 Å². The fraction of sp³-hybridized carbons (Fsp3) is 0.750. The van der Waals surface area contributed by atoms with E-state index in [1.165, 1.54) is 0 Å². The van der Waals surface area contributed by atoms with Crippen LogP contribution in [0.25, 0.3) is 0 Å². The zero-order valence-electron chi connectivity index (χ0n) is 8.01. The Balaban J connectivity index is 2.14. The minimum Gasteiger partial charge on any atom is -0.313 e. The highest BCUT2D eigenvalue weighted by Crippen LogP contribution is 2.17. The minimum absolute atomic E-state index is 0.414. The van der Waals surface area contributed by atoms with Gasteiger partial charge >= 0.3 is 0 Å². The Kier molecular flexibility index (Phi) is 2.28. The van der Waals surface area contributed by atoms with E-state index in [1.54, 1.807) is 6.20 Å². The molecule has 1 aliphatic heterocycles. The van der Waals surface area contributed by atoms with Crippen molar-refractivity contribution >= 4 is 0 Å². The van der Waals surface area contributed by atoms with Gasteiger partial charge < -0.3 is 10.2 Å². The summed E-state index contributed by atoms with van der Waals surface area (Å²) in [6, 6.07) is 0.930. The molecule has 5 heteroatoms. The van der Waals surface area contributed by atoms with E-state index in [9.17, 15) is 0 Å². The maximum absolute atomic E-state index is 4.03. The summed E-state index contributed by atoms with van der Waals surface area (Å²) >= 11 is 0. The topological polar surface area (TPSA) is 46.0 Å². The SMILES string of the molecule is CN(C)[C@@H]1CNC[C@@H]1n1ccnn1. The number of rotatable bonds is 2. The zero-order chi connectivity index (χ0) is 9.26. The normalized spacial score (nSPS) is 28.5. The van der Waals surface area contributed by atoms with Crippen LogP contribution >= 0.6 is 0 Å². The number of aromatic nitrogens is 3. The molecular formula is C8H15N5. The molecule has 2 rings (SSSR count). The van der Waals surface area contributed by atoms with Crippen molar-refractivity contribution in [1.29, 1.82) is 0 Å². The molecule has 1 saturated heterocycles. The van der Waals surface area contributed by atoms with E-state index >= 15 is 0 Å². The fourth-order valence-corrected chi connectivity index (χ4v) is 1.84. The maximum atomic E-state index is 4.03. The molecule has 1 aliphatic rings. The average molecular weight is 181 g/mol. The van der Waals surface area contributed by atoms with Crippen molar-refractivity contribution < 1.29 is 0 Å². The molecule has 0 aliphatic carbocycles. The Labute approximate surface area is 77.7 Å². The number of hydrogen-bond donors (Lipinski definition) is 1. The number of nitrogens with zero attached hydrogens (tertiary/aromatic N) is 4. The lowest BCUT2D eigenvalue weighted by atomic mass is 10.1. The van der Waals surface area contributed by atoms with Gasteiger partial charge in [-0.05, 0) is 14.1 Å². The lowest BCUT2D eigenvalue weighted by molar-refractivity contribution is 0.243. The van der Waals surface area contributed by atoms with Gasteiger partial charge in [-0.25, -0.2) is 4.68 Å². The Hall–Kier alpha value is -0.940. The summed E-state index contributed by atoms with van der Waals surface area (Å²) in [7, 11) is 4.20. The van der Waals surface area contributed by atoms with Gasteiger partial charge in [-0.2, -0.15) is 0 Å². The lowest BCUT2D eigenvalue weighted by Gasteiger charge is -2.24. The molecule has 0 unspecified atom stereocenters. The van der Waals surface area contributed by atoms with Gasteiger partial charge in [0, 0.05) is 25.3 Å². The molecule has 5 nitrogen and oxygen atoms in total. The Morgan fingerprint density at radius 3 is 2.92 bits per heavy atom. The molecule has 13 heavy (non-hydrogen) atoms. The Morgan fingerprint density at radius 2 is 2.31 bits per heavy atom. The Morgan fingerprint density at radius 1 is 1.46 bits per heavy atom. The second-order valence-electron chi connectivity index (χ2n) is 3.64. The van der Waals surface area contributed by atoms with E-state index in [4.69, 9.17) is 0 Å². The standard InChI is InChI=1S/C8H15N5/c1-12(2)7-5-9-6-8(7)13-4-3-10-11-13/h3-4,7-9H,5-6H2,1-2H3/t7-,8+/m1/s1. The first kappa shape index (κ1) is 8.65. The van der Waals surface area contributed by atoms with Crippen LogP contribution in [0.5, 0.6) is 0 Å². The van der Waals surface area contributed by atoms with Gasteiger partial charge in [0.15, 0.2) is 0 Å². The predicted octanol–water partition coefficient (Wildman–Crippen LogP) is -0.647. The van der Waals surface area contributed by atoms with Crippen LogP contribution < -0.4 is 5.32 Å². The first-order chi connectivity index (χ1) is 6.29. The molecule has 72 valence electrons. The monoisotopic (exact) mass is 181 g/mol. The van der Waals surface area contributed by atoms with E-state index in [-0.39, 0.29) is 0 Å². The van der Waals surface area contributed by atoms with Crippen molar-refractivity contribution in [3.8, 4) is 0 Å². The highest BCUT2D eigenvalue weighted by atomic mass is 15.4. The summed E-state index contributed by atoms with van der Waals surface area (Å²) < 4.78 is 1.94. The van der Waals surface area contributed by atoms with Crippen molar-refractivity contribution in [2.45, 2.75) is 12.1 Å². The maximum Gasteiger partial charge on any atom is 0.0828 e. The molecule has 0 aromatic carbocycles. The molecule has 0 amide bonds. The van der Waals surface area contributed by atoms with E-state index in [0.29, 0.717) is 12.1 Å². The van der Waals surface area contributed by atoms with Crippen LogP contribution in [-0.4, -0.2) is 53.1 Å². The largest absolute Gasteiger partial charge is 0.313 e. The quantitative estimate of drug-likeness (QED) is 0.659. The first-order valence-electron chi connectivity index (χ1n) is 4.52. The number of hydrogen-bond acceptors (Lipinski definition) is 4. The van der Waals surface area contributed by atoms with E-state index < -0.39 is 0 Å². The van der Waals surface area contributed by atoms with Crippen LogP contribution in [0.4, 0.5) is 0 Å². The molecule has 1 fully saturated rings. The second-order valence-corrected chi connectivity index (χ2v) is 3.64. The third kappa shape index (κ3) is 1.57. The number of likely N-dealkylation sites (N-methyl/N-ethyl adjacent to an activating group) is 1. The van der Waals surface area contributed by atoms with Crippen LogP contribution in [0.15, 0.2) is 12.4 Å². The van der Waals surface area contributed by atoms with Gasteiger partial charge in [-0.15, -0.1) is 5.10 Å². The molecule has 0 radical (unpaired) electrons. The molecule has 0 bridgehead atoms. The van der Waals surface area contributed by atoms with Crippen LogP contribution in [0.1, 0.15) is 6.04 Å². The van der Waals surface area contributed by atoms with Crippen molar-refractivity contribution in [3.05, 3.63) is 12.4 Å². The van der Waals surface area contributed by atoms with E-state index in [0.717, 1.165) is 13.1 Å². The van der Waals surface area contributed by atoms with Crippen LogP contribution in [0.3, 0.4) is 0 Å². The summed E-state index contributed by atoms with van der Waals surface area (Å²) in [6.45, 7) is 2.00. The number of nitrogens with one attached hydrogen (secondary N) is 1. The summed E-state index contributed by atoms with van der Waals surface area (Å²) in [4.78, 5) is 2.23. The first-order valence-corrected chi connectivity index (χ1v) is 4.52. The third-order valence-corrected chi connectivity index (χ3v) is 2.60. The van der Waals surface area contributed by atoms with Gasteiger partial charge in [-0.1, -0.05) is 5.21 Å². The predicted molar refractivity (Wildman–Crippen MR) is 49.4 cm³/mol. The van der Waals surface area contributed by atoms with Crippen molar-refractivity contribution in [3.63, 3.8) is 0 Å². The zero-order valence-corrected chi connectivity index (χ0v) is 8.01. The van der Waals surface area contributed by atoms with Gasteiger partial charge in [-0.3, -0.25) is 0 Å². The summed E-state index contributed by atoms with van der Waals surface area (Å²) in [5.74, 6) is 0. The molecule has 0 spiro atoms. The van der Waals surface area contributed by atoms with Gasteiger partial charge in [0.2, 0.25) is 0 Å². The molecular weight excluding hydrogens is 166 g/mol. The summed E-state index contributed by atoms with van der Waals surface area (Å²) in [5.41, 5.74) is 0. The molecule has 0 saturated carbocycles. The minimum atomic E-state index is 0.414. The third-order valence-electron chi connectivity index (χ3n) is 2.60. The van der Waals surface area contributed by atoms with Crippen LogP contribution in [-0.2, 0) is 0 Å². The molecule has 1 aromatic heterocycles.